The molecule has 0 spiro atoms. The Bertz CT molecular complexity index is 681. The molecule has 0 bridgehead atoms. The van der Waals surface area contributed by atoms with Gasteiger partial charge in [0.1, 0.15) is 5.75 Å². The maximum absolute atomic E-state index is 12.1. The molecule has 2 aromatic rings. The molecule has 116 valence electrons. The zero-order chi connectivity index (χ0) is 15.5. The van der Waals surface area contributed by atoms with Crippen molar-refractivity contribution in [1.82, 2.24) is 10.3 Å². The van der Waals surface area contributed by atoms with E-state index >= 15 is 0 Å². The molecule has 3 rings (SSSR count). The van der Waals surface area contributed by atoms with Crippen molar-refractivity contribution in [1.29, 1.82) is 0 Å². The second-order valence-corrected chi connectivity index (χ2v) is 7.00. The van der Waals surface area contributed by atoms with Crippen molar-refractivity contribution in [2.24, 2.45) is 5.92 Å². The van der Waals surface area contributed by atoms with Crippen LogP contribution in [0, 0.1) is 19.8 Å². The van der Waals surface area contributed by atoms with Crippen molar-refractivity contribution in [2.45, 2.75) is 26.7 Å². The summed E-state index contributed by atoms with van der Waals surface area (Å²) in [6.07, 6.45) is 1.37. The molecule has 0 aliphatic carbocycles. The number of aryl methyl sites for hydroxylation is 2. The average molecular weight is 316 g/mol. The van der Waals surface area contributed by atoms with Gasteiger partial charge in [0.2, 0.25) is 5.91 Å². The zero-order valence-electron chi connectivity index (χ0n) is 12.9. The van der Waals surface area contributed by atoms with E-state index in [4.69, 9.17) is 4.74 Å². The smallest absolute Gasteiger partial charge is 0.225 e. The Labute approximate surface area is 134 Å². The van der Waals surface area contributed by atoms with Gasteiger partial charge in [0.25, 0.3) is 0 Å². The molecule has 4 nitrogen and oxygen atoms in total. The zero-order valence-corrected chi connectivity index (χ0v) is 13.7. The number of carbonyl (C=O) groups is 1. The third kappa shape index (κ3) is 3.47. The molecule has 5 heteroatoms. The van der Waals surface area contributed by atoms with Gasteiger partial charge in [-0.25, -0.2) is 4.98 Å². The highest BCUT2D eigenvalue weighted by Crippen LogP contribution is 2.26. The maximum Gasteiger partial charge on any atom is 0.225 e. The normalized spacial score (nSPS) is 16.7. The van der Waals surface area contributed by atoms with E-state index in [-0.39, 0.29) is 5.91 Å². The first-order valence-corrected chi connectivity index (χ1v) is 8.34. The lowest BCUT2D eigenvalue weighted by Crippen LogP contribution is -2.35. The van der Waals surface area contributed by atoms with Gasteiger partial charge in [-0.1, -0.05) is 18.2 Å². The third-order valence-corrected chi connectivity index (χ3v) is 4.94. The first-order chi connectivity index (χ1) is 10.6. The van der Waals surface area contributed by atoms with Crippen molar-refractivity contribution < 1.29 is 9.53 Å². The van der Waals surface area contributed by atoms with Crippen LogP contribution >= 0.6 is 11.3 Å². The molecular formula is C17H20N2O2S. The van der Waals surface area contributed by atoms with Crippen LogP contribution in [0.2, 0.25) is 0 Å². The number of carbonyl (C=O) groups excluding carboxylic acids is 1. The van der Waals surface area contributed by atoms with E-state index in [1.165, 1.54) is 5.56 Å². The average Bonchev–Trinajstić information content (AvgIpc) is 2.82. The Morgan fingerprint density at radius 3 is 3.00 bits per heavy atom. The molecule has 1 N–H and O–H groups in total. The van der Waals surface area contributed by atoms with E-state index in [1.807, 2.05) is 32.0 Å². The standard InChI is InChI=1S/C17H20N2O2S/c1-11-16(22-12(2)19-11)8-17(20)18-9-13-7-14-5-3-4-6-15(14)21-10-13/h3-6,13H,7-10H2,1-2H3,(H,18,20)/t13-/m0/s1. The van der Waals surface area contributed by atoms with Crippen molar-refractivity contribution in [3.63, 3.8) is 0 Å². The highest BCUT2D eigenvalue weighted by Gasteiger charge is 2.20. The maximum atomic E-state index is 12.1. The molecule has 1 aliphatic heterocycles. The monoisotopic (exact) mass is 316 g/mol. The lowest BCUT2D eigenvalue weighted by atomic mass is 9.97. The van der Waals surface area contributed by atoms with Crippen LogP contribution in [0.4, 0.5) is 0 Å². The van der Waals surface area contributed by atoms with Gasteiger partial charge in [-0.3, -0.25) is 4.79 Å². The SMILES string of the molecule is Cc1nc(C)c(CC(=O)NC[C@H]2COc3ccccc3C2)s1. The van der Waals surface area contributed by atoms with Gasteiger partial charge in [-0.05, 0) is 31.9 Å². The Morgan fingerprint density at radius 2 is 2.23 bits per heavy atom. The molecular weight excluding hydrogens is 296 g/mol. The predicted octanol–water partition coefficient (Wildman–Crippen LogP) is 2.67. The summed E-state index contributed by atoms with van der Waals surface area (Å²) in [6.45, 7) is 5.24. The molecule has 22 heavy (non-hydrogen) atoms. The first-order valence-electron chi connectivity index (χ1n) is 7.52. The minimum atomic E-state index is 0.0607. The second-order valence-electron chi connectivity index (χ2n) is 5.71. The topological polar surface area (TPSA) is 51.2 Å². The summed E-state index contributed by atoms with van der Waals surface area (Å²) >= 11 is 1.60. The molecule has 0 saturated carbocycles. The number of hydrogen-bond donors (Lipinski definition) is 1. The molecule has 1 amide bonds. The Balaban J connectivity index is 1.51. The molecule has 1 aromatic carbocycles. The van der Waals surface area contributed by atoms with Crippen LogP contribution < -0.4 is 10.1 Å². The quantitative estimate of drug-likeness (QED) is 0.943. The lowest BCUT2D eigenvalue weighted by Gasteiger charge is -2.25. The summed E-state index contributed by atoms with van der Waals surface area (Å²) < 4.78 is 5.75. The summed E-state index contributed by atoms with van der Waals surface area (Å²) in [7, 11) is 0. The van der Waals surface area contributed by atoms with Crippen LogP contribution in [0.3, 0.4) is 0 Å². The number of rotatable bonds is 4. The van der Waals surface area contributed by atoms with Gasteiger partial charge in [0.15, 0.2) is 0 Å². The summed E-state index contributed by atoms with van der Waals surface area (Å²) in [4.78, 5) is 17.5. The van der Waals surface area contributed by atoms with Crippen LogP contribution in [0.1, 0.15) is 21.1 Å². The number of aromatic nitrogens is 1. The van der Waals surface area contributed by atoms with Crippen LogP contribution in [0.5, 0.6) is 5.75 Å². The van der Waals surface area contributed by atoms with Gasteiger partial charge >= 0.3 is 0 Å². The van der Waals surface area contributed by atoms with Crippen molar-refractivity contribution in [2.75, 3.05) is 13.2 Å². The van der Waals surface area contributed by atoms with Crippen molar-refractivity contribution in [3.05, 3.63) is 45.4 Å². The lowest BCUT2D eigenvalue weighted by molar-refractivity contribution is -0.120. The minimum absolute atomic E-state index is 0.0607. The Morgan fingerprint density at radius 1 is 1.41 bits per heavy atom. The fourth-order valence-electron chi connectivity index (χ4n) is 2.73. The van der Waals surface area contributed by atoms with Crippen LogP contribution in [-0.2, 0) is 17.6 Å². The molecule has 0 unspecified atom stereocenters. The summed E-state index contributed by atoms with van der Waals surface area (Å²) in [5.41, 5.74) is 2.19. The predicted molar refractivity (Wildman–Crippen MR) is 87.4 cm³/mol. The summed E-state index contributed by atoms with van der Waals surface area (Å²) in [5, 5.41) is 4.04. The fraction of sp³-hybridized carbons (Fsp3) is 0.412. The third-order valence-electron chi connectivity index (χ3n) is 3.86. The van der Waals surface area contributed by atoms with E-state index < -0.39 is 0 Å². The number of thiazole rings is 1. The van der Waals surface area contributed by atoms with Gasteiger partial charge in [0, 0.05) is 17.3 Å². The highest BCUT2D eigenvalue weighted by atomic mass is 32.1. The van der Waals surface area contributed by atoms with E-state index in [0.717, 1.165) is 27.7 Å². The Hall–Kier alpha value is -1.88. The number of nitrogens with zero attached hydrogens (tertiary/aromatic N) is 1. The van der Waals surface area contributed by atoms with E-state index in [1.54, 1.807) is 11.3 Å². The van der Waals surface area contributed by atoms with Crippen molar-refractivity contribution >= 4 is 17.2 Å². The van der Waals surface area contributed by atoms with E-state index in [2.05, 4.69) is 16.4 Å². The number of hydrogen-bond acceptors (Lipinski definition) is 4. The fourth-order valence-corrected chi connectivity index (χ4v) is 3.66. The molecule has 1 aromatic heterocycles. The van der Waals surface area contributed by atoms with Crippen LogP contribution in [-0.4, -0.2) is 24.0 Å². The van der Waals surface area contributed by atoms with E-state index in [0.29, 0.717) is 25.5 Å². The number of fused-ring (bicyclic) bond motifs is 1. The highest BCUT2D eigenvalue weighted by molar-refractivity contribution is 7.11. The van der Waals surface area contributed by atoms with Crippen LogP contribution in [0.15, 0.2) is 24.3 Å². The van der Waals surface area contributed by atoms with Gasteiger partial charge < -0.3 is 10.1 Å². The Kier molecular flexibility index (Phi) is 4.43. The molecule has 0 fully saturated rings. The van der Waals surface area contributed by atoms with Gasteiger partial charge in [0.05, 0.1) is 23.7 Å². The first kappa shape index (κ1) is 15.0. The number of benzene rings is 1. The van der Waals surface area contributed by atoms with Crippen LogP contribution in [0.25, 0.3) is 0 Å². The van der Waals surface area contributed by atoms with Crippen molar-refractivity contribution in [3.8, 4) is 5.75 Å². The van der Waals surface area contributed by atoms with Gasteiger partial charge in [-0.2, -0.15) is 0 Å². The molecule has 1 aliphatic rings. The second kappa shape index (κ2) is 6.48. The minimum Gasteiger partial charge on any atom is -0.493 e. The molecule has 0 saturated heterocycles. The van der Waals surface area contributed by atoms with E-state index in [9.17, 15) is 4.79 Å². The number of ether oxygens (including phenoxy) is 1. The molecule has 0 radical (unpaired) electrons. The molecule has 2 heterocycles. The summed E-state index contributed by atoms with van der Waals surface area (Å²) in [5.74, 6) is 1.37. The number of para-hydroxylation sites is 1. The van der Waals surface area contributed by atoms with Gasteiger partial charge in [-0.15, -0.1) is 11.3 Å². The molecule has 1 atom stereocenters. The number of amides is 1. The largest absolute Gasteiger partial charge is 0.493 e. The number of nitrogens with one attached hydrogen (secondary N) is 1. The summed E-state index contributed by atoms with van der Waals surface area (Å²) in [6, 6.07) is 8.10.